The summed E-state index contributed by atoms with van der Waals surface area (Å²) < 4.78 is 0.868. The van der Waals surface area contributed by atoms with Gasteiger partial charge in [0.25, 0.3) is 0 Å². The summed E-state index contributed by atoms with van der Waals surface area (Å²) in [5.74, 6) is -0.434. The Kier molecular flexibility index (Phi) is 5.53. The molecule has 144 valence electrons. The highest BCUT2D eigenvalue weighted by atomic mass is 79.9. The minimum Gasteiger partial charge on any atom is -0.324 e. The van der Waals surface area contributed by atoms with Gasteiger partial charge in [0.1, 0.15) is 6.54 Å². The van der Waals surface area contributed by atoms with Crippen LogP contribution in [0.4, 0.5) is 17.1 Å². The number of aliphatic imine (C=N–C) groups is 1. The number of fused-ring (bicyclic) bond motifs is 1. The van der Waals surface area contributed by atoms with Gasteiger partial charge in [-0.05, 0) is 35.9 Å². The number of amides is 2. The van der Waals surface area contributed by atoms with Crippen LogP contribution in [0.25, 0.3) is 0 Å². The van der Waals surface area contributed by atoms with Gasteiger partial charge in [-0.2, -0.15) is 0 Å². The van der Waals surface area contributed by atoms with E-state index in [2.05, 4.69) is 21.2 Å². The minimum absolute atomic E-state index is 0.0834. The standard InChI is InChI=1S/C23H18BrN3O2/c24-17-9-6-10-18(13-17)25-22(28)15-27-21-12-5-4-11-19(21)26-20(14-23(27)29)16-7-2-1-3-8-16/h1-13H,14-15H2,(H,25,28). The molecule has 0 aliphatic carbocycles. The highest BCUT2D eigenvalue weighted by molar-refractivity contribution is 9.10. The van der Waals surface area contributed by atoms with Gasteiger partial charge in [-0.25, -0.2) is 0 Å². The number of carbonyl (C=O) groups is 2. The van der Waals surface area contributed by atoms with Crippen LogP contribution < -0.4 is 10.2 Å². The molecule has 1 heterocycles. The predicted molar refractivity (Wildman–Crippen MR) is 119 cm³/mol. The van der Waals surface area contributed by atoms with E-state index >= 15 is 0 Å². The summed E-state index contributed by atoms with van der Waals surface area (Å²) in [6, 6.07) is 24.4. The Hall–Kier alpha value is -3.25. The van der Waals surface area contributed by atoms with Crippen LogP contribution in [0.1, 0.15) is 12.0 Å². The number of carbonyl (C=O) groups excluding carboxylic acids is 2. The van der Waals surface area contributed by atoms with Crippen molar-refractivity contribution in [1.29, 1.82) is 0 Å². The first-order chi connectivity index (χ1) is 14.1. The maximum absolute atomic E-state index is 13.1. The highest BCUT2D eigenvalue weighted by Crippen LogP contribution is 2.32. The third-order valence-corrected chi connectivity index (χ3v) is 5.06. The summed E-state index contributed by atoms with van der Waals surface area (Å²) in [6.07, 6.45) is 0.128. The summed E-state index contributed by atoms with van der Waals surface area (Å²) in [6.45, 7) is -0.0834. The molecule has 1 aliphatic rings. The molecule has 2 amide bonds. The van der Waals surface area contributed by atoms with Crippen LogP contribution >= 0.6 is 15.9 Å². The van der Waals surface area contributed by atoms with Gasteiger partial charge in [-0.3, -0.25) is 14.6 Å². The molecule has 0 radical (unpaired) electrons. The van der Waals surface area contributed by atoms with E-state index in [1.54, 1.807) is 6.07 Å². The zero-order valence-electron chi connectivity index (χ0n) is 15.5. The molecule has 0 aromatic heterocycles. The lowest BCUT2D eigenvalue weighted by molar-refractivity contribution is -0.120. The molecule has 0 fully saturated rings. The van der Waals surface area contributed by atoms with Gasteiger partial charge in [0.2, 0.25) is 11.8 Å². The molecule has 0 unspecified atom stereocenters. The fourth-order valence-corrected chi connectivity index (χ4v) is 3.62. The van der Waals surface area contributed by atoms with Crippen molar-refractivity contribution in [3.05, 3.63) is 88.9 Å². The Morgan fingerprint density at radius 3 is 2.55 bits per heavy atom. The van der Waals surface area contributed by atoms with E-state index in [0.29, 0.717) is 22.8 Å². The second-order valence-corrected chi connectivity index (χ2v) is 7.54. The topological polar surface area (TPSA) is 61.8 Å². The molecule has 6 heteroatoms. The van der Waals surface area contributed by atoms with E-state index in [0.717, 1.165) is 10.0 Å². The molecule has 0 spiro atoms. The average molecular weight is 448 g/mol. The molecule has 4 rings (SSSR count). The summed E-state index contributed by atoms with van der Waals surface area (Å²) in [7, 11) is 0. The van der Waals surface area contributed by atoms with E-state index in [4.69, 9.17) is 4.99 Å². The second kappa shape index (κ2) is 8.41. The lowest BCUT2D eigenvalue weighted by Gasteiger charge is -2.22. The van der Waals surface area contributed by atoms with Crippen molar-refractivity contribution in [1.82, 2.24) is 0 Å². The van der Waals surface area contributed by atoms with E-state index in [1.807, 2.05) is 72.8 Å². The van der Waals surface area contributed by atoms with Crippen LogP contribution in [0.15, 0.2) is 88.3 Å². The molecule has 3 aromatic rings. The number of benzene rings is 3. The summed E-state index contributed by atoms with van der Waals surface area (Å²) in [5, 5.41) is 2.84. The lowest BCUT2D eigenvalue weighted by atomic mass is 10.1. The van der Waals surface area contributed by atoms with Crippen LogP contribution in [0.3, 0.4) is 0 Å². The monoisotopic (exact) mass is 447 g/mol. The number of nitrogens with one attached hydrogen (secondary N) is 1. The Labute approximate surface area is 177 Å². The molecule has 3 aromatic carbocycles. The van der Waals surface area contributed by atoms with E-state index in [9.17, 15) is 9.59 Å². The molecule has 0 saturated heterocycles. The Bertz CT molecular complexity index is 1100. The van der Waals surface area contributed by atoms with Crippen LogP contribution in [-0.4, -0.2) is 24.1 Å². The van der Waals surface area contributed by atoms with E-state index < -0.39 is 0 Å². The van der Waals surface area contributed by atoms with Crippen molar-refractivity contribution in [3.8, 4) is 0 Å². The number of para-hydroxylation sites is 2. The molecular weight excluding hydrogens is 430 g/mol. The first-order valence-corrected chi connectivity index (χ1v) is 9.97. The smallest absolute Gasteiger partial charge is 0.244 e. The third kappa shape index (κ3) is 4.43. The number of rotatable bonds is 4. The van der Waals surface area contributed by atoms with Crippen LogP contribution in [-0.2, 0) is 9.59 Å². The van der Waals surface area contributed by atoms with Crippen molar-refractivity contribution in [2.45, 2.75) is 6.42 Å². The molecule has 29 heavy (non-hydrogen) atoms. The Morgan fingerprint density at radius 1 is 1.00 bits per heavy atom. The largest absolute Gasteiger partial charge is 0.324 e. The number of hydrogen-bond acceptors (Lipinski definition) is 3. The first-order valence-electron chi connectivity index (χ1n) is 9.18. The molecule has 5 nitrogen and oxygen atoms in total. The van der Waals surface area contributed by atoms with Crippen molar-refractivity contribution >= 4 is 50.5 Å². The highest BCUT2D eigenvalue weighted by Gasteiger charge is 2.26. The van der Waals surface area contributed by atoms with Crippen LogP contribution in [0.2, 0.25) is 0 Å². The van der Waals surface area contributed by atoms with Crippen molar-refractivity contribution in [2.75, 3.05) is 16.8 Å². The van der Waals surface area contributed by atoms with Gasteiger partial charge in [-0.1, -0.05) is 64.5 Å². The Morgan fingerprint density at radius 2 is 1.76 bits per heavy atom. The quantitative estimate of drug-likeness (QED) is 0.615. The van der Waals surface area contributed by atoms with Gasteiger partial charge >= 0.3 is 0 Å². The van der Waals surface area contributed by atoms with Crippen LogP contribution in [0, 0.1) is 0 Å². The first kappa shape index (κ1) is 19.1. The Balaban J connectivity index is 1.61. The van der Waals surface area contributed by atoms with E-state index in [-0.39, 0.29) is 24.8 Å². The van der Waals surface area contributed by atoms with Gasteiger partial charge < -0.3 is 10.2 Å². The van der Waals surface area contributed by atoms with Gasteiger partial charge in [0.15, 0.2) is 0 Å². The normalized spacial score (nSPS) is 13.3. The number of halogens is 1. The zero-order valence-corrected chi connectivity index (χ0v) is 17.1. The maximum Gasteiger partial charge on any atom is 0.244 e. The summed E-state index contributed by atoms with van der Waals surface area (Å²) in [4.78, 5) is 31.9. The van der Waals surface area contributed by atoms with Crippen molar-refractivity contribution in [3.63, 3.8) is 0 Å². The average Bonchev–Trinajstić information content (AvgIpc) is 2.85. The van der Waals surface area contributed by atoms with E-state index in [1.165, 1.54) is 4.90 Å². The fraction of sp³-hybridized carbons (Fsp3) is 0.0870. The number of anilines is 2. The maximum atomic E-state index is 13.1. The molecule has 0 atom stereocenters. The number of hydrogen-bond donors (Lipinski definition) is 1. The summed E-state index contributed by atoms with van der Waals surface area (Å²) >= 11 is 3.39. The van der Waals surface area contributed by atoms with Gasteiger partial charge in [0, 0.05) is 10.2 Å². The zero-order chi connectivity index (χ0) is 20.2. The molecule has 0 bridgehead atoms. The predicted octanol–water partition coefficient (Wildman–Crippen LogP) is 4.95. The molecule has 0 saturated carbocycles. The second-order valence-electron chi connectivity index (χ2n) is 6.63. The third-order valence-electron chi connectivity index (χ3n) is 4.56. The molecule has 1 N–H and O–H groups in total. The van der Waals surface area contributed by atoms with Crippen LogP contribution in [0.5, 0.6) is 0 Å². The SMILES string of the molecule is O=C(CN1C(=O)CC(c2ccccc2)=Nc2ccccc21)Nc1cccc(Br)c1. The summed E-state index contributed by atoms with van der Waals surface area (Å²) in [5.41, 5.74) is 3.57. The minimum atomic E-state index is -0.269. The molecular formula is C23H18BrN3O2. The van der Waals surface area contributed by atoms with Gasteiger partial charge in [0.05, 0.1) is 23.5 Å². The van der Waals surface area contributed by atoms with Gasteiger partial charge in [-0.15, -0.1) is 0 Å². The lowest BCUT2D eigenvalue weighted by Crippen LogP contribution is -2.38. The fourth-order valence-electron chi connectivity index (χ4n) is 3.23. The van der Waals surface area contributed by atoms with Crippen molar-refractivity contribution < 1.29 is 9.59 Å². The number of nitrogens with zero attached hydrogens (tertiary/aromatic N) is 2. The molecule has 1 aliphatic heterocycles. The van der Waals surface area contributed by atoms with Crippen molar-refractivity contribution in [2.24, 2.45) is 4.99 Å².